The van der Waals surface area contributed by atoms with Gasteiger partial charge in [0.1, 0.15) is 6.23 Å². The van der Waals surface area contributed by atoms with Crippen LogP contribution in [0.4, 0.5) is 0 Å². The van der Waals surface area contributed by atoms with Crippen molar-refractivity contribution in [3.63, 3.8) is 0 Å². The standard InChI is InChI=1S/C11H22N2O/c1-9-7-13-11(14-8-9)6-10-4-2-3-5-12-10/h9-13H,2-8H2,1H3. The van der Waals surface area contributed by atoms with Crippen LogP contribution in [0.25, 0.3) is 0 Å². The van der Waals surface area contributed by atoms with Gasteiger partial charge in [0.2, 0.25) is 0 Å². The van der Waals surface area contributed by atoms with Crippen LogP contribution in [0.5, 0.6) is 0 Å². The summed E-state index contributed by atoms with van der Waals surface area (Å²) in [5, 5.41) is 7.01. The molecular weight excluding hydrogens is 176 g/mol. The fraction of sp³-hybridized carbons (Fsp3) is 1.00. The van der Waals surface area contributed by atoms with Crippen molar-refractivity contribution in [2.24, 2.45) is 5.92 Å². The molecule has 0 saturated carbocycles. The Balaban J connectivity index is 1.68. The summed E-state index contributed by atoms with van der Waals surface area (Å²) in [5.74, 6) is 0.672. The van der Waals surface area contributed by atoms with Crippen molar-refractivity contribution < 1.29 is 4.74 Å². The van der Waals surface area contributed by atoms with Crippen molar-refractivity contribution >= 4 is 0 Å². The van der Waals surface area contributed by atoms with Crippen LogP contribution in [0.1, 0.15) is 32.6 Å². The van der Waals surface area contributed by atoms with Crippen molar-refractivity contribution in [2.45, 2.75) is 44.9 Å². The molecule has 3 nitrogen and oxygen atoms in total. The predicted molar refractivity (Wildman–Crippen MR) is 57.2 cm³/mol. The van der Waals surface area contributed by atoms with Crippen molar-refractivity contribution in [3.8, 4) is 0 Å². The van der Waals surface area contributed by atoms with Crippen LogP contribution in [0.3, 0.4) is 0 Å². The smallest absolute Gasteiger partial charge is 0.109 e. The minimum atomic E-state index is 0.293. The summed E-state index contributed by atoms with van der Waals surface area (Å²) in [6.07, 6.45) is 5.46. The van der Waals surface area contributed by atoms with Gasteiger partial charge in [-0.05, 0) is 25.3 Å². The van der Waals surface area contributed by atoms with Gasteiger partial charge in [0.15, 0.2) is 0 Å². The molecule has 2 heterocycles. The lowest BCUT2D eigenvalue weighted by molar-refractivity contribution is -0.0338. The zero-order chi connectivity index (χ0) is 9.80. The lowest BCUT2D eigenvalue weighted by Crippen LogP contribution is -2.47. The Bertz CT molecular complexity index is 161. The minimum absolute atomic E-state index is 0.293. The lowest BCUT2D eigenvalue weighted by Gasteiger charge is -2.32. The van der Waals surface area contributed by atoms with E-state index in [9.17, 15) is 0 Å². The normalized spacial score (nSPS) is 39.6. The quantitative estimate of drug-likeness (QED) is 0.697. The summed E-state index contributed by atoms with van der Waals surface area (Å²) < 4.78 is 5.74. The molecular formula is C11H22N2O. The van der Waals surface area contributed by atoms with Crippen LogP contribution in [0.15, 0.2) is 0 Å². The summed E-state index contributed by atoms with van der Waals surface area (Å²) in [5.41, 5.74) is 0. The molecule has 2 rings (SSSR count). The molecule has 3 unspecified atom stereocenters. The van der Waals surface area contributed by atoms with Gasteiger partial charge < -0.3 is 10.1 Å². The number of ether oxygens (including phenoxy) is 1. The monoisotopic (exact) mass is 198 g/mol. The molecule has 2 aliphatic rings. The molecule has 0 aromatic carbocycles. The van der Waals surface area contributed by atoms with Crippen LogP contribution >= 0.6 is 0 Å². The number of nitrogens with one attached hydrogen (secondary N) is 2. The zero-order valence-corrected chi connectivity index (χ0v) is 9.09. The van der Waals surface area contributed by atoms with Gasteiger partial charge in [0, 0.05) is 19.0 Å². The van der Waals surface area contributed by atoms with E-state index in [-0.39, 0.29) is 0 Å². The summed E-state index contributed by atoms with van der Waals surface area (Å²) in [7, 11) is 0. The second-order valence-electron chi connectivity index (χ2n) is 4.72. The van der Waals surface area contributed by atoms with Gasteiger partial charge >= 0.3 is 0 Å². The summed E-state index contributed by atoms with van der Waals surface area (Å²) >= 11 is 0. The molecule has 82 valence electrons. The Hall–Kier alpha value is -0.120. The predicted octanol–water partition coefficient (Wildman–Crippen LogP) is 1.10. The Labute approximate surface area is 86.6 Å². The molecule has 2 fully saturated rings. The van der Waals surface area contributed by atoms with Crippen LogP contribution in [0.2, 0.25) is 0 Å². The highest BCUT2D eigenvalue weighted by Crippen LogP contribution is 2.15. The van der Waals surface area contributed by atoms with Gasteiger partial charge in [-0.15, -0.1) is 0 Å². The molecule has 0 aliphatic carbocycles. The van der Waals surface area contributed by atoms with Gasteiger partial charge in [0.25, 0.3) is 0 Å². The van der Waals surface area contributed by atoms with E-state index in [1.54, 1.807) is 0 Å². The maximum absolute atomic E-state index is 5.74. The second-order valence-corrected chi connectivity index (χ2v) is 4.72. The van der Waals surface area contributed by atoms with E-state index in [1.807, 2.05) is 0 Å². The Kier molecular flexibility index (Phi) is 3.79. The van der Waals surface area contributed by atoms with E-state index in [1.165, 1.54) is 25.8 Å². The summed E-state index contributed by atoms with van der Waals surface area (Å²) in [6, 6.07) is 0.676. The topological polar surface area (TPSA) is 33.3 Å². The average molecular weight is 198 g/mol. The molecule has 0 aromatic heterocycles. The third-order valence-electron chi connectivity index (χ3n) is 3.19. The third kappa shape index (κ3) is 2.94. The molecule has 2 aliphatic heterocycles. The van der Waals surface area contributed by atoms with Gasteiger partial charge in [-0.1, -0.05) is 13.3 Å². The molecule has 0 spiro atoms. The fourth-order valence-electron chi connectivity index (χ4n) is 2.27. The van der Waals surface area contributed by atoms with Gasteiger partial charge in [0.05, 0.1) is 6.61 Å². The fourth-order valence-corrected chi connectivity index (χ4v) is 2.27. The van der Waals surface area contributed by atoms with Crippen LogP contribution in [-0.4, -0.2) is 32.0 Å². The zero-order valence-electron chi connectivity index (χ0n) is 9.09. The van der Waals surface area contributed by atoms with Crippen molar-refractivity contribution in [2.75, 3.05) is 19.7 Å². The highest BCUT2D eigenvalue weighted by Gasteiger charge is 2.22. The molecule has 14 heavy (non-hydrogen) atoms. The van der Waals surface area contributed by atoms with Crippen molar-refractivity contribution in [3.05, 3.63) is 0 Å². The van der Waals surface area contributed by atoms with Gasteiger partial charge in [-0.25, -0.2) is 0 Å². The molecule has 3 heteroatoms. The Morgan fingerprint density at radius 2 is 2.21 bits per heavy atom. The SMILES string of the molecule is CC1CNC(CC2CCCCN2)OC1. The first-order valence-corrected chi connectivity index (χ1v) is 5.93. The molecule has 0 amide bonds. The van der Waals surface area contributed by atoms with Crippen LogP contribution < -0.4 is 10.6 Å². The highest BCUT2D eigenvalue weighted by atomic mass is 16.5. The number of piperidine rings is 1. The maximum atomic E-state index is 5.74. The van der Waals surface area contributed by atoms with Gasteiger partial charge in [-0.2, -0.15) is 0 Å². The first-order chi connectivity index (χ1) is 6.84. The molecule has 0 aromatic rings. The largest absolute Gasteiger partial charge is 0.363 e. The van der Waals surface area contributed by atoms with Crippen LogP contribution in [0, 0.1) is 5.92 Å². The number of rotatable bonds is 2. The van der Waals surface area contributed by atoms with Gasteiger partial charge in [-0.3, -0.25) is 5.32 Å². The van der Waals surface area contributed by atoms with E-state index in [0.29, 0.717) is 18.2 Å². The average Bonchev–Trinajstić information content (AvgIpc) is 2.23. The molecule has 3 atom stereocenters. The molecule has 0 bridgehead atoms. The first-order valence-electron chi connectivity index (χ1n) is 5.93. The molecule has 2 N–H and O–H groups in total. The van der Waals surface area contributed by atoms with E-state index in [4.69, 9.17) is 4.74 Å². The van der Waals surface area contributed by atoms with E-state index >= 15 is 0 Å². The minimum Gasteiger partial charge on any atom is -0.363 e. The third-order valence-corrected chi connectivity index (χ3v) is 3.19. The lowest BCUT2D eigenvalue weighted by atomic mass is 10.0. The summed E-state index contributed by atoms with van der Waals surface area (Å²) in [4.78, 5) is 0. The van der Waals surface area contributed by atoms with E-state index < -0.39 is 0 Å². The Morgan fingerprint density at radius 3 is 2.86 bits per heavy atom. The van der Waals surface area contributed by atoms with E-state index in [0.717, 1.165) is 19.6 Å². The number of hydrogen-bond donors (Lipinski definition) is 2. The van der Waals surface area contributed by atoms with Crippen molar-refractivity contribution in [1.29, 1.82) is 0 Å². The van der Waals surface area contributed by atoms with Crippen molar-refractivity contribution in [1.82, 2.24) is 10.6 Å². The summed E-state index contributed by atoms with van der Waals surface area (Å²) in [6.45, 7) is 5.44. The van der Waals surface area contributed by atoms with Crippen LogP contribution in [-0.2, 0) is 4.74 Å². The van der Waals surface area contributed by atoms with E-state index in [2.05, 4.69) is 17.6 Å². The molecule has 2 saturated heterocycles. The molecule has 0 radical (unpaired) electrons. The number of hydrogen-bond acceptors (Lipinski definition) is 3. The maximum Gasteiger partial charge on any atom is 0.109 e. The second kappa shape index (κ2) is 5.10. The first kappa shape index (κ1) is 10.4. The Morgan fingerprint density at radius 1 is 1.29 bits per heavy atom. The highest BCUT2D eigenvalue weighted by molar-refractivity contribution is 4.77.